The van der Waals surface area contributed by atoms with Crippen molar-refractivity contribution in [3.63, 3.8) is 0 Å². The molecule has 0 amide bonds. The van der Waals surface area contributed by atoms with Crippen molar-refractivity contribution in [1.29, 1.82) is 0 Å². The van der Waals surface area contributed by atoms with Gasteiger partial charge in [0.15, 0.2) is 0 Å². The third kappa shape index (κ3) is 8.15. The van der Waals surface area contributed by atoms with Gasteiger partial charge in [-0.1, -0.05) is 19.6 Å². The molecule has 0 saturated carbocycles. The van der Waals surface area contributed by atoms with E-state index >= 15 is 0 Å². The molecule has 0 spiro atoms. The zero-order chi connectivity index (χ0) is 14.8. The van der Waals surface area contributed by atoms with Gasteiger partial charge in [0.2, 0.25) is 6.29 Å². The summed E-state index contributed by atoms with van der Waals surface area (Å²) in [7, 11) is 0. The van der Waals surface area contributed by atoms with E-state index in [2.05, 4.69) is 13.2 Å². The van der Waals surface area contributed by atoms with Gasteiger partial charge in [-0.3, -0.25) is 0 Å². The van der Waals surface area contributed by atoms with Crippen LogP contribution in [0.4, 0.5) is 0 Å². The van der Waals surface area contributed by atoms with Gasteiger partial charge in [0.05, 0.1) is 0 Å². The Labute approximate surface area is 113 Å². The van der Waals surface area contributed by atoms with Crippen LogP contribution in [0.15, 0.2) is 24.3 Å². The first kappa shape index (κ1) is 17.4. The maximum atomic E-state index is 11.4. The van der Waals surface area contributed by atoms with E-state index < -0.39 is 18.2 Å². The Morgan fingerprint density at radius 3 is 1.84 bits per heavy atom. The van der Waals surface area contributed by atoms with Crippen molar-refractivity contribution in [2.24, 2.45) is 0 Å². The highest BCUT2D eigenvalue weighted by atomic mass is 16.7. The fourth-order valence-electron chi connectivity index (χ4n) is 1.18. The zero-order valence-corrected chi connectivity index (χ0v) is 11.6. The topological polar surface area (TPSA) is 72.8 Å². The maximum Gasteiger partial charge on any atom is 0.336 e. The zero-order valence-electron chi connectivity index (χ0n) is 11.6. The molecule has 0 fully saturated rings. The van der Waals surface area contributed by atoms with Crippen LogP contribution >= 0.6 is 0 Å². The van der Waals surface area contributed by atoms with Gasteiger partial charge < -0.3 is 14.6 Å². The summed E-state index contributed by atoms with van der Waals surface area (Å²) in [6.45, 7) is 10.1. The lowest BCUT2D eigenvalue weighted by atomic mass is 10.2. The lowest BCUT2D eigenvalue weighted by Crippen LogP contribution is -2.25. The molecule has 0 saturated heterocycles. The van der Waals surface area contributed by atoms with Crippen LogP contribution in [0.1, 0.15) is 39.5 Å². The summed E-state index contributed by atoms with van der Waals surface area (Å²) in [5, 5.41) is 8.67. The minimum absolute atomic E-state index is 0.113. The van der Waals surface area contributed by atoms with Crippen LogP contribution in [0.25, 0.3) is 0 Å². The summed E-state index contributed by atoms with van der Waals surface area (Å²) in [5.74, 6) is -1.19. The molecular weight excluding hydrogens is 248 g/mol. The Hall–Kier alpha value is -1.62. The summed E-state index contributed by atoms with van der Waals surface area (Å²) < 4.78 is 10.1. The van der Waals surface area contributed by atoms with Crippen LogP contribution in [0.3, 0.4) is 0 Å². The number of aliphatic hydroxyl groups is 1. The molecular formula is C14H22O5. The lowest BCUT2D eigenvalue weighted by Gasteiger charge is -2.18. The lowest BCUT2D eigenvalue weighted by molar-refractivity contribution is -0.183. The van der Waals surface area contributed by atoms with Crippen LogP contribution < -0.4 is 0 Å². The first-order valence-electron chi connectivity index (χ1n) is 6.22. The second kappa shape index (κ2) is 9.33. The smallest absolute Gasteiger partial charge is 0.336 e. The van der Waals surface area contributed by atoms with E-state index in [1.54, 1.807) is 0 Å². The first-order valence-corrected chi connectivity index (χ1v) is 6.22. The molecule has 5 nitrogen and oxygen atoms in total. The van der Waals surface area contributed by atoms with E-state index in [1.807, 2.05) is 0 Å². The highest BCUT2D eigenvalue weighted by molar-refractivity contribution is 5.88. The van der Waals surface area contributed by atoms with Crippen LogP contribution in [0.5, 0.6) is 0 Å². The molecule has 0 unspecified atom stereocenters. The van der Waals surface area contributed by atoms with Crippen molar-refractivity contribution >= 4 is 11.9 Å². The van der Waals surface area contributed by atoms with Gasteiger partial charge >= 0.3 is 11.9 Å². The molecule has 0 radical (unpaired) electrons. The highest BCUT2D eigenvalue weighted by Crippen LogP contribution is 2.12. The minimum atomic E-state index is -0.938. The average molecular weight is 270 g/mol. The van der Waals surface area contributed by atoms with Crippen LogP contribution in [0.2, 0.25) is 0 Å². The summed E-state index contributed by atoms with van der Waals surface area (Å²) in [5.41, 5.74) is 0.485. The molecule has 0 aliphatic carbocycles. The largest absolute Gasteiger partial charge is 0.422 e. The predicted molar refractivity (Wildman–Crippen MR) is 71.2 cm³/mol. The van der Waals surface area contributed by atoms with Crippen LogP contribution in [-0.4, -0.2) is 29.9 Å². The van der Waals surface area contributed by atoms with E-state index in [0.29, 0.717) is 19.3 Å². The fraction of sp³-hybridized carbons (Fsp3) is 0.571. The second-order valence-corrected chi connectivity index (χ2v) is 4.37. The van der Waals surface area contributed by atoms with E-state index in [1.165, 1.54) is 13.8 Å². The predicted octanol–water partition coefficient (Wildman–Crippen LogP) is 2.10. The van der Waals surface area contributed by atoms with Gasteiger partial charge in [0.25, 0.3) is 0 Å². The Morgan fingerprint density at radius 1 is 1.00 bits per heavy atom. The molecule has 0 aromatic rings. The number of aliphatic hydroxyl groups excluding tert-OH is 1. The number of hydrogen-bond acceptors (Lipinski definition) is 5. The fourth-order valence-corrected chi connectivity index (χ4v) is 1.18. The van der Waals surface area contributed by atoms with Crippen molar-refractivity contribution in [3.8, 4) is 0 Å². The molecule has 0 aliphatic heterocycles. The third-order valence-electron chi connectivity index (χ3n) is 2.27. The number of ether oxygens (including phenoxy) is 2. The normalized spacial score (nSPS) is 10.1. The number of hydrogen-bond donors (Lipinski definition) is 1. The number of carbonyl (C=O) groups is 2. The standard InChI is InChI=1S/C14H22O5/c1-10(2)13(16)18-12(8-6-5-7-9-15)19-14(17)11(3)4/h12,15H,1,3,5-9H2,2,4H3. The minimum Gasteiger partial charge on any atom is -0.422 e. The Kier molecular flexibility index (Phi) is 8.53. The SMILES string of the molecule is C=C(C)C(=O)OC(CCCCCO)OC(=O)C(=C)C. The highest BCUT2D eigenvalue weighted by Gasteiger charge is 2.19. The molecule has 1 N–H and O–H groups in total. The van der Waals surface area contributed by atoms with Gasteiger partial charge in [0, 0.05) is 24.2 Å². The van der Waals surface area contributed by atoms with Gasteiger partial charge in [-0.25, -0.2) is 9.59 Å². The van der Waals surface area contributed by atoms with E-state index in [4.69, 9.17) is 14.6 Å². The Balaban J connectivity index is 4.37. The molecule has 0 aliphatic rings. The quantitative estimate of drug-likeness (QED) is 0.300. The van der Waals surface area contributed by atoms with Crippen LogP contribution in [0, 0.1) is 0 Å². The molecule has 19 heavy (non-hydrogen) atoms. The summed E-state index contributed by atoms with van der Waals surface area (Å²) in [6.07, 6.45) is 1.56. The molecule has 0 atom stereocenters. The Bertz CT molecular complexity index is 318. The molecule has 5 heteroatoms. The molecule has 0 aromatic heterocycles. The summed E-state index contributed by atoms with van der Waals surface area (Å²) in [4.78, 5) is 22.8. The van der Waals surface area contributed by atoms with Crippen molar-refractivity contribution in [2.75, 3.05) is 6.61 Å². The van der Waals surface area contributed by atoms with E-state index in [-0.39, 0.29) is 17.8 Å². The average Bonchev–Trinajstić information content (AvgIpc) is 2.33. The number of rotatable bonds is 9. The van der Waals surface area contributed by atoms with Crippen molar-refractivity contribution in [3.05, 3.63) is 24.3 Å². The molecule has 0 rings (SSSR count). The molecule has 0 bridgehead atoms. The summed E-state index contributed by atoms with van der Waals surface area (Å²) in [6, 6.07) is 0. The van der Waals surface area contributed by atoms with E-state index in [9.17, 15) is 9.59 Å². The van der Waals surface area contributed by atoms with Gasteiger partial charge in [0.1, 0.15) is 0 Å². The van der Waals surface area contributed by atoms with Crippen molar-refractivity contribution < 1.29 is 24.2 Å². The monoisotopic (exact) mass is 270 g/mol. The third-order valence-corrected chi connectivity index (χ3v) is 2.27. The number of unbranched alkanes of at least 4 members (excludes halogenated alkanes) is 2. The van der Waals surface area contributed by atoms with Crippen molar-refractivity contribution in [2.45, 2.75) is 45.8 Å². The van der Waals surface area contributed by atoms with Gasteiger partial charge in [-0.15, -0.1) is 0 Å². The summed E-state index contributed by atoms with van der Waals surface area (Å²) >= 11 is 0. The van der Waals surface area contributed by atoms with E-state index in [0.717, 1.165) is 6.42 Å². The molecule has 0 aromatic carbocycles. The van der Waals surface area contributed by atoms with Gasteiger partial charge in [-0.2, -0.15) is 0 Å². The number of esters is 2. The molecule has 0 heterocycles. The molecule has 108 valence electrons. The number of carbonyl (C=O) groups excluding carboxylic acids is 2. The van der Waals surface area contributed by atoms with Crippen LogP contribution in [-0.2, 0) is 19.1 Å². The Morgan fingerprint density at radius 2 is 1.47 bits per heavy atom. The van der Waals surface area contributed by atoms with Crippen molar-refractivity contribution in [1.82, 2.24) is 0 Å². The first-order chi connectivity index (χ1) is 8.88. The second-order valence-electron chi connectivity index (χ2n) is 4.37. The van der Waals surface area contributed by atoms with Gasteiger partial charge in [-0.05, 0) is 26.7 Å². The maximum absolute atomic E-state index is 11.4.